The van der Waals surface area contributed by atoms with Crippen LogP contribution in [0.3, 0.4) is 0 Å². The topological polar surface area (TPSA) is 61.8 Å². The van der Waals surface area contributed by atoms with Crippen molar-refractivity contribution in [1.29, 1.82) is 0 Å². The Morgan fingerprint density at radius 1 is 1.38 bits per heavy atom. The van der Waals surface area contributed by atoms with Crippen LogP contribution in [-0.4, -0.2) is 42.2 Å². The van der Waals surface area contributed by atoms with Crippen molar-refractivity contribution in [1.82, 2.24) is 10.2 Å². The molecule has 5 nitrogen and oxygen atoms in total. The van der Waals surface area contributed by atoms with Gasteiger partial charge in [0.25, 0.3) is 0 Å². The maximum atomic E-state index is 12.3. The summed E-state index contributed by atoms with van der Waals surface area (Å²) in [6.07, 6.45) is 3.40. The number of aromatic hydroxyl groups is 1. The third-order valence-electron chi connectivity index (χ3n) is 3.94. The molecular formula is C16H24N2O3. The molecule has 1 aliphatic heterocycles. The van der Waals surface area contributed by atoms with Gasteiger partial charge in [0, 0.05) is 25.2 Å². The minimum absolute atomic E-state index is 0.130. The average molecular weight is 292 g/mol. The van der Waals surface area contributed by atoms with Crippen molar-refractivity contribution < 1.29 is 14.6 Å². The fourth-order valence-electron chi connectivity index (χ4n) is 2.61. The highest BCUT2D eigenvalue weighted by molar-refractivity contribution is 5.81. The van der Waals surface area contributed by atoms with Gasteiger partial charge in [-0.1, -0.05) is 12.1 Å². The lowest BCUT2D eigenvalue weighted by Gasteiger charge is -2.29. The Kier molecular flexibility index (Phi) is 5.44. The highest BCUT2D eigenvalue weighted by Gasteiger charge is 2.22. The second kappa shape index (κ2) is 7.31. The molecule has 1 aliphatic rings. The molecule has 0 spiro atoms. The van der Waals surface area contributed by atoms with Gasteiger partial charge in [-0.25, -0.2) is 0 Å². The zero-order chi connectivity index (χ0) is 15.2. The number of hydrogen-bond donors (Lipinski definition) is 2. The standard InChI is InChI=1S/C16H24N2O3/c1-12(16(20)18-9-4-3-5-10-18)17-11-13-7-6-8-14(21-2)15(13)19/h6-8,12,17,19H,3-5,9-11H2,1-2H3. The highest BCUT2D eigenvalue weighted by Crippen LogP contribution is 2.29. The molecule has 0 saturated carbocycles. The minimum atomic E-state index is -0.256. The van der Waals surface area contributed by atoms with Gasteiger partial charge in [0.2, 0.25) is 5.91 Å². The number of phenols is 1. The first-order valence-electron chi connectivity index (χ1n) is 7.50. The first kappa shape index (κ1) is 15.6. The zero-order valence-corrected chi connectivity index (χ0v) is 12.8. The van der Waals surface area contributed by atoms with Gasteiger partial charge in [-0.15, -0.1) is 0 Å². The van der Waals surface area contributed by atoms with Gasteiger partial charge in [-0.2, -0.15) is 0 Å². The van der Waals surface area contributed by atoms with Crippen LogP contribution in [-0.2, 0) is 11.3 Å². The number of carbonyl (C=O) groups excluding carboxylic acids is 1. The number of phenolic OH excluding ortho intramolecular Hbond substituents is 1. The summed E-state index contributed by atoms with van der Waals surface area (Å²) >= 11 is 0. The van der Waals surface area contributed by atoms with Crippen LogP contribution in [0.4, 0.5) is 0 Å². The number of amides is 1. The van der Waals surface area contributed by atoms with Crippen LogP contribution in [0.5, 0.6) is 11.5 Å². The SMILES string of the molecule is COc1cccc(CNC(C)C(=O)N2CCCCC2)c1O. The molecule has 1 heterocycles. The number of hydrogen-bond acceptors (Lipinski definition) is 4. The van der Waals surface area contributed by atoms with Crippen LogP contribution in [0.2, 0.25) is 0 Å². The van der Waals surface area contributed by atoms with Gasteiger partial charge >= 0.3 is 0 Å². The predicted octanol–water partition coefficient (Wildman–Crippen LogP) is 1.89. The van der Waals surface area contributed by atoms with Gasteiger partial charge in [0.15, 0.2) is 11.5 Å². The van der Waals surface area contributed by atoms with Crippen molar-refractivity contribution in [2.24, 2.45) is 0 Å². The van der Waals surface area contributed by atoms with E-state index >= 15 is 0 Å². The Hall–Kier alpha value is -1.75. The molecule has 2 rings (SSSR count). The molecular weight excluding hydrogens is 268 g/mol. The number of carbonyl (C=O) groups is 1. The lowest BCUT2D eigenvalue weighted by molar-refractivity contribution is -0.133. The fourth-order valence-corrected chi connectivity index (χ4v) is 2.61. The van der Waals surface area contributed by atoms with E-state index in [0.29, 0.717) is 12.3 Å². The Balaban J connectivity index is 1.91. The second-order valence-corrected chi connectivity index (χ2v) is 5.46. The van der Waals surface area contributed by atoms with Crippen LogP contribution < -0.4 is 10.1 Å². The molecule has 1 atom stereocenters. The van der Waals surface area contributed by atoms with Crippen molar-refractivity contribution in [3.05, 3.63) is 23.8 Å². The Morgan fingerprint density at radius 2 is 2.10 bits per heavy atom. The van der Waals surface area contributed by atoms with E-state index in [1.807, 2.05) is 24.0 Å². The number of piperidine rings is 1. The Morgan fingerprint density at radius 3 is 2.76 bits per heavy atom. The van der Waals surface area contributed by atoms with Crippen LogP contribution in [0.1, 0.15) is 31.7 Å². The summed E-state index contributed by atoms with van der Waals surface area (Å²) in [4.78, 5) is 14.2. The number of rotatable bonds is 5. The number of likely N-dealkylation sites (tertiary alicyclic amines) is 1. The van der Waals surface area contributed by atoms with Crippen LogP contribution in [0.25, 0.3) is 0 Å². The van der Waals surface area contributed by atoms with E-state index < -0.39 is 0 Å². The van der Waals surface area contributed by atoms with E-state index in [1.54, 1.807) is 6.07 Å². The molecule has 0 aromatic heterocycles. The normalized spacial score (nSPS) is 16.6. The molecule has 1 aromatic carbocycles. The van der Waals surface area contributed by atoms with E-state index in [0.717, 1.165) is 31.5 Å². The lowest BCUT2D eigenvalue weighted by Crippen LogP contribution is -2.46. The summed E-state index contributed by atoms with van der Waals surface area (Å²) in [7, 11) is 1.52. The van der Waals surface area contributed by atoms with E-state index in [2.05, 4.69) is 5.32 Å². The smallest absolute Gasteiger partial charge is 0.239 e. The van der Waals surface area contributed by atoms with Gasteiger partial charge in [0.1, 0.15) is 0 Å². The molecule has 116 valence electrons. The Labute approximate surface area is 125 Å². The van der Waals surface area contributed by atoms with Crippen molar-refractivity contribution in [3.8, 4) is 11.5 Å². The van der Waals surface area contributed by atoms with E-state index in [9.17, 15) is 9.90 Å². The minimum Gasteiger partial charge on any atom is -0.504 e. The number of para-hydroxylation sites is 1. The second-order valence-electron chi connectivity index (χ2n) is 5.46. The summed E-state index contributed by atoms with van der Waals surface area (Å²) in [6, 6.07) is 5.10. The third-order valence-corrected chi connectivity index (χ3v) is 3.94. The van der Waals surface area contributed by atoms with Crippen molar-refractivity contribution in [3.63, 3.8) is 0 Å². The lowest BCUT2D eigenvalue weighted by atomic mass is 10.1. The maximum Gasteiger partial charge on any atom is 0.239 e. The summed E-state index contributed by atoms with van der Waals surface area (Å²) in [5.74, 6) is 0.714. The zero-order valence-electron chi connectivity index (χ0n) is 12.8. The highest BCUT2D eigenvalue weighted by atomic mass is 16.5. The van der Waals surface area contributed by atoms with Crippen LogP contribution in [0.15, 0.2) is 18.2 Å². The molecule has 21 heavy (non-hydrogen) atoms. The monoisotopic (exact) mass is 292 g/mol. The molecule has 0 radical (unpaired) electrons. The third kappa shape index (κ3) is 3.88. The number of methoxy groups -OCH3 is 1. The number of nitrogens with one attached hydrogen (secondary N) is 1. The van der Waals surface area contributed by atoms with Crippen molar-refractivity contribution in [2.75, 3.05) is 20.2 Å². The van der Waals surface area contributed by atoms with Gasteiger partial charge in [-0.3, -0.25) is 4.79 Å². The van der Waals surface area contributed by atoms with E-state index in [1.165, 1.54) is 13.5 Å². The first-order valence-corrected chi connectivity index (χ1v) is 7.50. The van der Waals surface area contributed by atoms with Crippen LogP contribution in [0, 0.1) is 0 Å². The molecule has 1 amide bonds. The van der Waals surface area contributed by atoms with Crippen LogP contribution >= 0.6 is 0 Å². The largest absolute Gasteiger partial charge is 0.504 e. The molecule has 1 unspecified atom stereocenters. The molecule has 1 aromatic rings. The van der Waals surface area contributed by atoms with E-state index in [-0.39, 0.29) is 17.7 Å². The maximum absolute atomic E-state index is 12.3. The number of ether oxygens (including phenoxy) is 1. The molecule has 0 aliphatic carbocycles. The fraction of sp³-hybridized carbons (Fsp3) is 0.562. The molecule has 1 saturated heterocycles. The predicted molar refractivity (Wildman–Crippen MR) is 81.4 cm³/mol. The van der Waals surface area contributed by atoms with E-state index in [4.69, 9.17) is 4.74 Å². The summed E-state index contributed by atoms with van der Waals surface area (Å²) < 4.78 is 5.08. The molecule has 0 bridgehead atoms. The van der Waals surface area contributed by atoms with Gasteiger partial charge in [0.05, 0.1) is 13.2 Å². The van der Waals surface area contributed by atoms with Crippen molar-refractivity contribution in [2.45, 2.75) is 38.8 Å². The van der Waals surface area contributed by atoms with Gasteiger partial charge in [-0.05, 0) is 32.3 Å². The quantitative estimate of drug-likeness (QED) is 0.870. The first-order chi connectivity index (χ1) is 10.1. The number of benzene rings is 1. The average Bonchev–Trinajstić information content (AvgIpc) is 2.53. The molecule has 2 N–H and O–H groups in total. The Bertz CT molecular complexity index is 484. The summed E-state index contributed by atoms with van der Waals surface area (Å²) in [5.41, 5.74) is 0.729. The molecule has 5 heteroatoms. The van der Waals surface area contributed by atoms with Gasteiger partial charge < -0.3 is 20.1 Å². The molecule has 1 fully saturated rings. The number of nitrogens with zero attached hydrogens (tertiary/aromatic N) is 1. The summed E-state index contributed by atoms with van der Waals surface area (Å²) in [5, 5.41) is 13.2. The summed E-state index contributed by atoms with van der Waals surface area (Å²) in [6.45, 7) is 4.02. The van der Waals surface area contributed by atoms with Crippen molar-refractivity contribution >= 4 is 5.91 Å².